The molecule has 2 saturated carbocycles. The van der Waals surface area contributed by atoms with Crippen molar-refractivity contribution in [2.75, 3.05) is 26.3 Å². The molecule has 0 aromatic carbocycles. The van der Waals surface area contributed by atoms with E-state index in [2.05, 4.69) is 22.4 Å². The van der Waals surface area contributed by atoms with Crippen LogP contribution in [0, 0.1) is 11.8 Å². The van der Waals surface area contributed by atoms with Gasteiger partial charge in [-0.1, -0.05) is 25.7 Å². The fraction of sp³-hybridized carbons (Fsp3) is 1.00. The standard InChI is InChI=1S/C18H32N2O2S/c1-3-7-15(13(5-1)17-19-9-11-21-17)23-16-8-4-2-6-14(16)18-20-10-12-22-18/h13-20H,1-12H2. The molecule has 2 N–H and O–H groups in total. The minimum atomic E-state index is 0.315. The highest BCUT2D eigenvalue weighted by Crippen LogP contribution is 2.44. The quantitative estimate of drug-likeness (QED) is 0.824. The summed E-state index contributed by atoms with van der Waals surface area (Å²) < 4.78 is 12.0. The summed E-state index contributed by atoms with van der Waals surface area (Å²) in [4.78, 5) is 0. The highest BCUT2D eigenvalue weighted by molar-refractivity contribution is 8.00. The van der Waals surface area contributed by atoms with Crippen LogP contribution in [0.5, 0.6) is 0 Å². The second-order valence-corrected chi connectivity index (χ2v) is 9.08. The maximum atomic E-state index is 5.98. The van der Waals surface area contributed by atoms with Gasteiger partial charge in [-0.2, -0.15) is 11.8 Å². The molecule has 0 bridgehead atoms. The topological polar surface area (TPSA) is 42.5 Å². The fourth-order valence-electron chi connectivity index (χ4n) is 4.95. The molecule has 2 heterocycles. The van der Waals surface area contributed by atoms with E-state index in [9.17, 15) is 0 Å². The van der Waals surface area contributed by atoms with E-state index < -0.39 is 0 Å². The van der Waals surface area contributed by atoms with Crippen molar-refractivity contribution < 1.29 is 9.47 Å². The molecule has 0 aromatic heterocycles. The van der Waals surface area contributed by atoms with E-state index in [1.54, 1.807) is 0 Å². The van der Waals surface area contributed by atoms with Crippen molar-refractivity contribution in [1.29, 1.82) is 0 Å². The Morgan fingerprint density at radius 3 is 1.57 bits per heavy atom. The van der Waals surface area contributed by atoms with Crippen molar-refractivity contribution in [3.63, 3.8) is 0 Å². The Morgan fingerprint density at radius 2 is 1.13 bits per heavy atom. The first-order chi connectivity index (χ1) is 11.4. The van der Waals surface area contributed by atoms with Crippen LogP contribution in [0.15, 0.2) is 0 Å². The molecule has 6 atom stereocenters. The number of nitrogens with one attached hydrogen (secondary N) is 2. The molecular weight excluding hydrogens is 308 g/mol. The Kier molecular flexibility index (Phi) is 5.82. The van der Waals surface area contributed by atoms with Crippen LogP contribution in [0.2, 0.25) is 0 Å². The average Bonchev–Trinajstić information content (AvgIpc) is 3.30. The van der Waals surface area contributed by atoms with Crippen LogP contribution in [-0.2, 0) is 9.47 Å². The third-order valence-corrected chi connectivity index (χ3v) is 7.99. The summed E-state index contributed by atoms with van der Waals surface area (Å²) in [5, 5.41) is 8.71. The van der Waals surface area contributed by atoms with Crippen molar-refractivity contribution in [3.8, 4) is 0 Å². The SMILES string of the molecule is C1CCC(C2NCCO2)C(SC2CCCCC2C2NCCO2)C1. The molecule has 6 unspecified atom stereocenters. The summed E-state index contributed by atoms with van der Waals surface area (Å²) in [6.45, 7) is 3.85. The second kappa shape index (κ2) is 8.05. The molecule has 4 rings (SSSR count). The second-order valence-electron chi connectivity index (χ2n) is 7.60. The number of hydrogen-bond donors (Lipinski definition) is 2. The summed E-state index contributed by atoms with van der Waals surface area (Å²) in [5.74, 6) is 1.41. The van der Waals surface area contributed by atoms with E-state index in [4.69, 9.17) is 9.47 Å². The summed E-state index contributed by atoms with van der Waals surface area (Å²) in [6, 6.07) is 0. The van der Waals surface area contributed by atoms with Crippen LogP contribution >= 0.6 is 11.8 Å². The molecule has 4 fully saturated rings. The summed E-state index contributed by atoms with van der Waals surface area (Å²) in [5.41, 5.74) is 0. The van der Waals surface area contributed by atoms with E-state index >= 15 is 0 Å². The first kappa shape index (κ1) is 16.6. The fourth-order valence-corrected chi connectivity index (χ4v) is 6.96. The summed E-state index contributed by atoms with van der Waals surface area (Å²) in [6.07, 6.45) is 11.6. The number of rotatable bonds is 4. The zero-order chi connectivity index (χ0) is 15.5. The van der Waals surface area contributed by atoms with E-state index in [1.807, 2.05) is 0 Å². The van der Waals surface area contributed by atoms with Gasteiger partial charge in [0.1, 0.15) is 12.5 Å². The van der Waals surface area contributed by atoms with Crippen molar-refractivity contribution in [2.45, 2.75) is 74.3 Å². The maximum Gasteiger partial charge on any atom is 0.112 e. The zero-order valence-electron chi connectivity index (χ0n) is 14.2. The zero-order valence-corrected chi connectivity index (χ0v) is 15.0. The highest BCUT2D eigenvalue weighted by Gasteiger charge is 2.40. The Hall–Kier alpha value is 0.190. The predicted molar refractivity (Wildman–Crippen MR) is 94.6 cm³/mol. The van der Waals surface area contributed by atoms with Gasteiger partial charge in [-0.15, -0.1) is 0 Å². The van der Waals surface area contributed by atoms with Crippen molar-refractivity contribution in [1.82, 2.24) is 10.6 Å². The molecule has 0 radical (unpaired) electrons. The molecule has 2 aliphatic heterocycles. The molecule has 0 spiro atoms. The summed E-state index contributed by atoms with van der Waals surface area (Å²) >= 11 is 2.29. The highest BCUT2D eigenvalue weighted by atomic mass is 32.2. The van der Waals surface area contributed by atoms with E-state index in [-0.39, 0.29) is 0 Å². The van der Waals surface area contributed by atoms with Crippen LogP contribution in [0.4, 0.5) is 0 Å². The van der Waals surface area contributed by atoms with Gasteiger partial charge < -0.3 is 9.47 Å². The molecule has 4 nitrogen and oxygen atoms in total. The lowest BCUT2D eigenvalue weighted by Gasteiger charge is -2.41. The Balaban J connectivity index is 1.40. The molecule has 132 valence electrons. The molecule has 4 aliphatic rings. The predicted octanol–water partition coefficient (Wildman–Crippen LogP) is 2.73. The van der Waals surface area contributed by atoms with E-state index in [0.717, 1.165) is 36.8 Å². The summed E-state index contributed by atoms with van der Waals surface area (Å²) in [7, 11) is 0. The van der Waals surface area contributed by atoms with Gasteiger partial charge in [-0.05, 0) is 25.7 Å². The van der Waals surface area contributed by atoms with Crippen molar-refractivity contribution >= 4 is 11.8 Å². The average molecular weight is 341 g/mol. The van der Waals surface area contributed by atoms with Gasteiger partial charge in [-0.25, -0.2) is 0 Å². The third kappa shape index (κ3) is 3.90. The maximum absolute atomic E-state index is 5.98. The van der Waals surface area contributed by atoms with Crippen molar-refractivity contribution in [2.24, 2.45) is 11.8 Å². The molecule has 0 aromatic rings. The molecule has 0 amide bonds. The Labute approximate surface area is 144 Å². The first-order valence-electron chi connectivity index (χ1n) is 9.77. The van der Waals surface area contributed by atoms with Crippen molar-refractivity contribution in [3.05, 3.63) is 0 Å². The molecule has 2 saturated heterocycles. The minimum absolute atomic E-state index is 0.315. The molecule has 2 aliphatic carbocycles. The minimum Gasteiger partial charge on any atom is -0.362 e. The van der Waals surface area contributed by atoms with E-state index in [1.165, 1.54) is 51.4 Å². The smallest absolute Gasteiger partial charge is 0.112 e. The van der Waals surface area contributed by atoms with Gasteiger partial charge in [0.25, 0.3) is 0 Å². The van der Waals surface area contributed by atoms with Crippen LogP contribution in [0.3, 0.4) is 0 Å². The van der Waals surface area contributed by atoms with Crippen LogP contribution < -0.4 is 10.6 Å². The number of thioether (sulfide) groups is 1. The van der Waals surface area contributed by atoms with Gasteiger partial charge in [0.05, 0.1) is 13.2 Å². The molecule has 5 heteroatoms. The lowest BCUT2D eigenvalue weighted by molar-refractivity contribution is 0.0358. The molecule has 23 heavy (non-hydrogen) atoms. The first-order valence-corrected chi connectivity index (χ1v) is 10.7. The molecular formula is C18H32N2O2S. The van der Waals surface area contributed by atoms with Gasteiger partial charge in [-0.3, -0.25) is 10.6 Å². The van der Waals surface area contributed by atoms with Gasteiger partial charge >= 0.3 is 0 Å². The lowest BCUT2D eigenvalue weighted by atomic mass is 9.86. The number of ether oxygens (including phenoxy) is 2. The lowest BCUT2D eigenvalue weighted by Crippen LogP contribution is -2.43. The monoisotopic (exact) mass is 340 g/mol. The number of hydrogen-bond acceptors (Lipinski definition) is 5. The third-order valence-electron chi connectivity index (χ3n) is 6.12. The normalized spacial score (nSPS) is 45.4. The van der Waals surface area contributed by atoms with Gasteiger partial charge in [0, 0.05) is 35.4 Å². The Bertz CT molecular complexity index is 338. The van der Waals surface area contributed by atoms with Gasteiger partial charge in [0.2, 0.25) is 0 Å². The van der Waals surface area contributed by atoms with Crippen LogP contribution in [-0.4, -0.2) is 49.3 Å². The largest absolute Gasteiger partial charge is 0.362 e. The van der Waals surface area contributed by atoms with Crippen LogP contribution in [0.25, 0.3) is 0 Å². The van der Waals surface area contributed by atoms with E-state index in [0.29, 0.717) is 24.3 Å². The van der Waals surface area contributed by atoms with Gasteiger partial charge in [0.15, 0.2) is 0 Å². The Morgan fingerprint density at radius 1 is 0.652 bits per heavy atom. The van der Waals surface area contributed by atoms with Crippen LogP contribution in [0.1, 0.15) is 51.4 Å².